The summed E-state index contributed by atoms with van der Waals surface area (Å²) in [5.41, 5.74) is 3.38. The van der Waals surface area contributed by atoms with Crippen LogP contribution in [-0.4, -0.2) is 9.97 Å². The van der Waals surface area contributed by atoms with Crippen molar-refractivity contribution in [1.82, 2.24) is 9.97 Å². The van der Waals surface area contributed by atoms with Crippen LogP contribution in [0.15, 0.2) is 54.7 Å². The van der Waals surface area contributed by atoms with E-state index in [9.17, 15) is 0 Å². The molecule has 0 unspecified atom stereocenters. The highest BCUT2D eigenvalue weighted by Gasteiger charge is 2.04. The lowest BCUT2D eigenvalue weighted by Crippen LogP contribution is -1.89. The van der Waals surface area contributed by atoms with Crippen molar-refractivity contribution in [1.29, 1.82) is 0 Å². The molecule has 0 aliphatic rings. The Morgan fingerprint density at radius 3 is 2.53 bits per heavy atom. The molecule has 0 N–H and O–H groups in total. The normalized spacial score (nSPS) is 10.6. The van der Waals surface area contributed by atoms with Gasteiger partial charge in [-0.05, 0) is 24.1 Å². The Hall–Kier alpha value is -2.22. The van der Waals surface area contributed by atoms with Crippen LogP contribution in [0.3, 0.4) is 0 Å². The second-order valence-electron chi connectivity index (χ2n) is 4.02. The number of nitrogens with zero attached hydrogens (tertiary/aromatic N) is 2. The van der Waals surface area contributed by atoms with E-state index in [0.717, 1.165) is 16.7 Å². The highest BCUT2D eigenvalue weighted by Crippen LogP contribution is 2.26. The molecule has 0 aliphatic carbocycles. The molecule has 0 saturated carbocycles. The number of fused-ring (bicyclic) bond motifs is 1. The van der Waals surface area contributed by atoms with E-state index in [-0.39, 0.29) is 0 Å². The van der Waals surface area contributed by atoms with Crippen LogP contribution in [0.1, 0.15) is 5.82 Å². The molecule has 0 radical (unpaired) electrons. The molecule has 1 aromatic heterocycles. The third kappa shape index (κ3) is 1.78. The van der Waals surface area contributed by atoms with Crippen LogP contribution < -0.4 is 0 Å². The Bertz CT molecular complexity index is 660. The molecule has 0 spiro atoms. The van der Waals surface area contributed by atoms with E-state index < -0.39 is 0 Å². The summed E-state index contributed by atoms with van der Waals surface area (Å²) in [5.74, 6) is 0.808. The summed E-state index contributed by atoms with van der Waals surface area (Å²) in [6.07, 6.45) is 1.90. The van der Waals surface area contributed by atoms with Gasteiger partial charge in [-0.25, -0.2) is 9.97 Å². The second kappa shape index (κ2) is 3.98. The fourth-order valence-corrected chi connectivity index (χ4v) is 2.02. The summed E-state index contributed by atoms with van der Waals surface area (Å²) >= 11 is 0. The standard InChI is InChI=1S/C15H12N2/c1-11-16-10-14-13(8-5-9-15(14)17-11)12-6-3-2-4-7-12/h2-10H,1H3. The highest BCUT2D eigenvalue weighted by molar-refractivity contribution is 5.93. The van der Waals surface area contributed by atoms with Crippen LogP contribution >= 0.6 is 0 Å². The van der Waals surface area contributed by atoms with Crippen molar-refractivity contribution in [2.24, 2.45) is 0 Å². The first-order valence-corrected chi connectivity index (χ1v) is 5.62. The molecule has 0 bridgehead atoms. The second-order valence-corrected chi connectivity index (χ2v) is 4.02. The molecule has 0 saturated heterocycles. The lowest BCUT2D eigenvalue weighted by molar-refractivity contribution is 1.09. The predicted octanol–water partition coefficient (Wildman–Crippen LogP) is 3.61. The van der Waals surface area contributed by atoms with E-state index in [4.69, 9.17) is 0 Å². The summed E-state index contributed by atoms with van der Waals surface area (Å²) < 4.78 is 0. The Morgan fingerprint density at radius 1 is 0.882 bits per heavy atom. The van der Waals surface area contributed by atoms with Gasteiger partial charge in [-0.15, -0.1) is 0 Å². The molecule has 0 amide bonds. The first kappa shape index (κ1) is 9.97. The van der Waals surface area contributed by atoms with Crippen LogP contribution in [0.25, 0.3) is 22.0 Å². The van der Waals surface area contributed by atoms with E-state index in [2.05, 4.69) is 28.2 Å². The molecule has 2 aromatic carbocycles. The third-order valence-corrected chi connectivity index (χ3v) is 2.83. The van der Waals surface area contributed by atoms with Gasteiger partial charge < -0.3 is 0 Å². The summed E-state index contributed by atoms with van der Waals surface area (Å²) in [6.45, 7) is 1.91. The largest absolute Gasteiger partial charge is 0.241 e. The van der Waals surface area contributed by atoms with Gasteiger partial charge in [-0.3, -0.25) is 0 Å². The van der Waals surface area contributed by atoms with Crippen molar-refractivity contribution in [2.45, 2.75) is 6.92 Å². The molecule has 3 aromatic rings. The highest BCUT2D eigenvalue weighted by atomic mass is 14.9. The van der Waals surface area contributed by atoms with Crippen LogP contribution in [-0.2, 0) is 0 Å². The monoisotopic (exact) mass is 220 g/mol. The molecule has 0 fully saturated rings. The van der Waals surface area contributed by atoms with Gasteiger partial charge in [0.1, 0.15) is 5.82 Å². The van der Waals surface area contributed by atoms with Crippen molar-refractivity contribution in [3.63, 3.8) is 0 Å². The smallest absolute Gasteiger partial charge is 0.125 e. The molecule has 0 atom stereocenters. The van der Waals surface area contributed by atoms with Crippen molar-refractivity contribution in [3.05, 3.63) is 60.6 Å². The van der Waals surface area contributed by atoms with E-state index in [1.807, 2.05) is 43.5 Å². The van der Waals surface area contributed by atoms with E-state index in [0.29, 0.717) is 0 Å². The fraction of sp³-hybridized carbons (Fsp3) is 0.0667. The minimum Gasteiger partial charge on any atom is -0.241 e. The Labute approximate surface area is 100.0 Å². The first-order valence-electron chi connectivity index (χ1n) is 5.62. The maximum absolute atomic E-state index is 4.45. The van der Waals surface area contributed by atoms with Gasteiger partial charge in [0.25, 0.3) is 0 Å². The zero-order valence-electron chi connectivity index (χ0n) is 9.59. The average Bonchev–Trinajstić information content (AvgIpc) is 2.39. The lowest BCUT2D eigenvalue weighted by atomic mass is 10.0. The molecule has 1 heterocycles. The molecule has 2 heteroatoms. The molecular formula is C15H12N2. The van der Waals surface area contributed by atoms with Gasteiger partial charge in [0, 0.05) is 11.6 Å². The fourth-order valence-electron chi connectivity index (χ4n) is 2.02. The minimum absolute atomic E-state index is 0.808. The SMILES string of the molecule is Cc1ncc2c(-c3ccccc3)cccc2n1. The molecule has 2 nitrogen and oxygen atoms in total. The van der Waals surface area contributed by atoms with E-state index >= 15 is 0 Å². The van der Waals surface area contributed by atoms with Gasteiger partial charge >= 0.3 is 0 Å². The summed E-state index contributed by atoms with van der Waals surface area (Å²) in [4.78, 5) is 8.73. The van der Waals surface area contributed by atoms with Crippen LogP contribution in [0, 0.1) is 6.92 Å². The third-order valence-electron chi connectivity index (χ3n) is 2.83. The quantitative estimate of drug-likeness (QED) is 0.626. The van der Waals surface area contributed by atoms with Gasteiger partial charge in [0.2, 0.25) is 0 Å². The summed E-state index contributed by atoms with van der Waals surface area (Å²) in [7, 11) is 0. The molecule has 3 rings (SSSR count). The lowest BCUT2D eigenvalue weighted by Gasteiger charge is -2.06. The maximum Gasteiger partial charge on any atom is 0.125 e. The van der Waals surface area contributed by atoms with Gasteiger partial charge in [-0.1, -0.05) is 42.5 Å². The Balaban J connectivity index is 2.31. The number of rotatable bonds is 1. The van der Waals surface area contributed by atoms with Crippen molar-refractivity contribution in [3.8, 4) is 11.1 Å². The average molecular weight is 220 g/mol. The Kier molecular flexibility index (Phi) is 2.33. The first-order chi connectivity index (χ1) is 8.34. The van der Waals surface area contributed by atoms with Gasteiger partial charge in [-0.2, -0.15) is 0 Å². The van der Waals surface area contributed by atoms with Crippen LogP contribution in [0.5, 0.6) is 0 Å². The molecular weight excluding hydrogens is 208 g/mol. The predicted molar refractivity (Wildman–Crippen MR) is 69.7 cm³/mol. The molecule has 82 valence electrons. The number of benzene rings is 2. The summed E-state index contributed by atoms with van der Waals surface area (Å²) in [5, 5.41) is 1.10. The van der Waals surface area contributed by atoms with E-state index in [1.54, 1.807) is 0 Å². The van der Waals surface area contributed by atoms with Gasteiger partial charge in [0.15, 0.2) is 0 Å². The number of hydrogen-bond acceptors (Lipinski definition) is 2. The number of aromatic nitrogens is 2. The van der Waals surface area contributed by atoms with Crippen molar-refractivity contribution < 1.29 is 0 Å². The maximum atomic E-state index is 4.45. The zero-order valence-corrected chi connectivity index (χ0v) is 9.59. The van der Waals surface area contributed by atoms with Crippen LogP contribution in [0.2, 0.25) is 0 Å². The van der Waals surface area contributed by atoms with Crippen molar-refractivity contribution in [2.75, 3.05) is 0 Å². The van der Waals surface area contributed by atoms with Crippen molar-refractivity contribution >= 4 is 10.9 Å². The molecule has 0 aliphatic heterocycles. The van der Waals surface area contributed by atoms with Gasteiger partial charge in [0.05, 0.1) is 5.52 Å². The van der Waals surface area contributed by atoms with Crippen LogP contribution in [0.4, 0.5) is 0 Å². The molecule has 17 heavy (non-hydrogen) atoms. The topological polar surface area (TPSA) is 25.8 Å². The number of hydrogen-bond donors (Lipinski definition) is 0. The summed E-state index contributed by atoms with van der Waals surface area (Å²) in [6, 6.07) is 16.5. The Morgan fingerprint density at radius 2 is 1.71 bits per heavy atom. The number of aryl methyl sites for hydroxylation is 1. The van der Waals surface area contributed by atoms with E-state index in [1.165, 1.54) is 11.1 Å². The zero-order chi connectivity index (χ0) is 11.7. The minimum atomic E-state index is 0.808.